The lowest BCUT2D eigenvalue weighted by Gasteiger charge is -2.37. The molecule has 0 spiro atoms. The highest BCUT2D eigenvalue weighted by atomic mass is 16.3. The summed E-state index contributed by atoms with van der Waals surface area (Å²) in [6.45, 7) is 1.96. The van der Waals surface area contributed by atoms with Crippen molar-refractivity contribution in [3.05, 3.63) is 23.9 Å². The van der Waals surface area contributed by atoms with Gasteiger partial charge in [-0.1, -0.05) is 18.9 Å². The third kappa shape index (κ3) is 2.65. The Morgan fingerprint density at radius 2 is 2.17 bits per heavy atom. The SMILES string of the molecule is C[C@H](N)c1cccnc1N(C)C1CCCCC1O. The van der Waals surface area contributed by atoms with Gasteiger partial charge in [0.1, 0.15) is 5.82 Å². The van der Waals surface area contributed by atoms with Crippen LogP contribution in [0.2, 0.25) is 0 Å². The lowest BCUT2D eigenvalue weighted by atomic mass is 9.91. The molecule has 0 aromatic carbocycles. The Bertz CT molecular complexity index is 394. The number of likely N-dealkylation sites (N-methyl/N-ethyl adjacent to an activating group) is 1. The highest BCUT2D eigenvalue weighted by Crippen LogP contribution is 2.29. The molecule has 18 heavy (non-hydrogen) atoms. The molecule has 0 radical (unpaired) electrons. The molecular weight excluding hydrogens is 226 g/mol. The number of pyridine rings is 1. The molecule has 0 aliphatic heterocycles. The molecule has 100 valence electrons. The minimum Gasteiger partial charge on any atom is -0.391 e. The zero-order valence-electron chi connectivity index (χ0n) is 11.2. The van der Waals surface area contributed by atoms with E-state index in [4.69, 9.17) is 5.73 Å². The average molecular weight is 249 g/mol. The molecule has 2 rings (SSSR count). The number of hydrogen-bond acceptors (Lipinski definition) is 4. The van der Waals surface area contributed by atoms with Gasteiger partial charge >= 0.3 is 0 Å². The van der Waals surface area contributed by atoms with E-state index in [1.54, 1.807) is 6.20 Å². The molecule has 0 amide bonds. The first-order valence-corrected chi connectivity index (χ1v) is 6.72. The second kappa shape index (κ2) is 5.67. The highest BCUT2D eigenvalue weighted by molar-refractivity contribution is 5.48. The van der Waals surface area contributed by atoms with Crippen LogP contribution in [-0.2, 0) is 0 Å². The maximum absolute atomic E-state index is 10.1. The van der Waals surface area contributed by atoms with Crippen molar-refractivity contribution in [3.8, 4) is 0 Å². The van der Waals surface area contributed by atoms with Crippen molar-refractivity contribution in [2.24, 2.45) is 5.73 Å². The summed E-state index contributed by atoms with van der Waals surface area (Å²) < 4.78 is 0. The predicted octanol–water partition coefficient (Wildman–Crippen LogP) is 1.84. The van der Waals surface area contributed by atoms with Gasteiger partial charge in [-0.2, -0.15) is 0 Å². The fraction of sp³-hybridized carbons (Fsp3) is 0.643. The van der Waals surface area contributed by atoms with Crippen LogP contribution in [0.25, 0.3) is 0 Å². The third-order valence-corrected chi connectivity index (χ3v) is 3.83. The third-order valence-electron chi connectivity index (χ3n) is 3.83. The summed E-state index contributed by atoms with van der Waals surface area (Å²) in [5, 5.41) is 10.1. The van der Waals surface area contributed by atoms with Crippen LogP contribution in [0.3, 0.4) is 0 Å². The molecule has 1 aromatic heterocycles. The minimum absolute atomic E-state index is 0.0446. The van der Waals surface area contributed by atoms with Crippen LogP contribution in [0.1, 0.15) is 44.2 Å². The summed E-state index contributed by atoms with van der Waals surface area (Å²) >= 11 is 0. The Hall–Kier alpha value is -1.13. The number of aliphatic hydroxyl groups is 1. The van der Waals surface area contributed by atoms with Crippen LogP contribution in [0.15, 0.2) is 18.3 Å². The molecule has 1 heterocycles. The van der Waals surface area contributed by atoms with Gasteiger partial charge in [-0.05, 0) is 25.8 Å². The van der Waals surface area contributed by atoms with Crippen molar-refractivity contribution >= 4 is 5.82 Å². The van der Waals surface area contributed by atoms with Crippen molar-refractivity contribution in [2.45, 2.75) is 50.8 Å². The van der Waals surface area contributed by atoms with E-state index in [9.17, 15) is 5.11 Å². The number of hydrogen-bond donors (Lipinski definition) is 2. The van der Waals surface area contributed by atoms with Gasteiger partial charge in [0, 0.05) is 24.8 Å². The molecule has 1 aromatic rings. The van der Waals surface area contributed by atoms with Crippen LogP contribution in [0.4, 0.5) is 5.82 Å². The molecule has 3 atom stereocenters. The monoisotopic (exact) mass is 249 g/mol. The van der Waals surface area contributed by atoms with Gasteiger partial charge in [0.25, 0.3) is 0 Å². The van der Waals surface area contributed by atoms with Crippen molar-refractivity contribution in [1.82, 2.24) is 4.98 Å². The maximum Gasteiger partial charge on any atom is 0.133 e. The van der Waals surface area contributed by atoms with E-state index in [1.807, 2.05) is 26.1 Å². The van der Waals surface area contributed by atoms with E-state index >= 15 is 0 Å². The van der Waals surface area contributed by atoms with Crippen LogP contribution >= 0.6 is 0 Å². The number of anilines is 1. The second-order valence-electron chi connectivity index (χ2n) is 5.23. The van der Waals surface area contributed by atoms with Gasteiger partial charge < -0.3 is 15.7 Å². The predicted molar refractivity (Wildman–Crippen MR) is 73.5 cm³/mol. The zero-order valence-corrected chi connectivity index (χ0v) is 11.2. The molecule has 4 heteroatoms. The van der Waals surface area contributed by atoms with Gasteiger partial charge in [-0.25, -0.2) is 4.98 Å². The van der Waals surface area contributed by atoms with Crippen molar-refractivity contribution in [2.75, 3.05) is 11.9 Å². The number of aliphatic hydroxyl groups excluding tert-OH is 1. The topological polar surface area (TPSA) is 62.4 Å². The number of nitrogens with two attached hydrogens (primary N) is 1. The van der Waals surface area contributed by atoms with Crippen molar-refractivity contribution in [1.29, 1.82) is 0 Å². The number of nitrogens with zero attached hydrogens (tertiary/aromatic N) is 2. The van der Waals surface area contributed by atoms with E-state index in [0.717, 1.165) is 30.6 Å². The molecule has 1 fully saturated rings. The highest BCUT2D eigenvalue weighted by Gasteiger charge is 2.28. The molecule has 1 saturated carbocycles. The molecule has 0 bridgehead atoms. The van der Waals surface area contributed by atoms with Gasteiger partial charge in [-0.15, -0.1) is 0 Å². The van der Waals surface area contributed by atoms with Gasteiger partial charge in [0.05, 0.1) is 12.1 Å². The molecule has 1 aliphatic carbocycles. The first kappa shape index (κ1) is 13.3. The first-order chi connectivity index (χ1) is 8.61. The fourth-order valence-electron chi connectivity index (χ4n) is 2.76. The van der Waals surface area contributed by atoms with Crippen LogP contribution < -0.4 is 10.6 Å². The molecule has 0 saturated heterocycles. The standard InChI is InChI=1S/C14H23N3O/c1-10(15)11-6-5-9-16-14(11)17(2)12-7-3-4-8-13(12)18/h5-6,9-10,12-13,18H,3-4,7-8,15H2,1-2H3/t10-,12?,13?/m0/s1. The van der Waals surface area contributed by atoms with Crippen molar-refractivity contribution < 1.29 is 5.11 Å². The van der Waals surface area contributed by atoms with Gasteiger partial charge in [-0.3, -0.25) is 0 Å². The van der Waals surface area contributed by atoms with E-state index < -0.39 is 0 Å². The minimum atomic E-state index is -0.258. The molecular formula is C14H23N3O. The molecule has 2 unspecified atom stereocenters. The van der Waals surface area contributed by atoms with Crippen molar-refractivity contribution in [3.63, 3.8) is 0 Å². The van der Waals surface area contributed by atoms with Crippen LogP contribution in [-0.4, -0.2) is 29.3 Å². The van der Waals surface area contributed by atoms with E-state index in [1.165, 1.54) is 6.42 Å². The maximum atomic E-state index is 10.1. The Labute approximate surface area is 109 Å². The molecule has 3 N–H and O–H groups in total. The Morgan fingerprint density at radius 1 is 1.44 bits per heavy atom. The first-order valence-electron chi connectivity index (χ1n) is 6.72. The van der Waals surface area contributed by atoms with E-state index in [2.05, 4.69) is 9.88 Å². The molecule has 1 aliphatic rings. The Balaban J connectivity index is 2.24. The summed E-state index contributed by atoms with van der Waals surface area (Å²) in [4.78, 5) is 6.54. The van der Waals surface area contributed by atoms with E-state index in [-0.39, 0.29) is 18.2 Å². The largest absolute Gasteiger partial charge is 0.391 e. The van der Waals surface area contributed by atoms with Gasteiger partial charge in [0.15, 0.2) is 0 Å². The molecule has 4 nitrogen and oxygen atoms in total. The average Bonchev–Trinajstić information content (AvgIpc) is 2.38. The van der Waals surface area contributed by atoms with E-state index in [0.29, 0.717) is 0 Å². The summed E-state index contributed by atoms with van der Waals surface area (Å²) in [5.74, 6) is 0.901. The zero-order chi connectivity index (χ0) is 13.1. The Kier molecular flexibility index (Phi) is 4.19. The lowest BCUT2D eigenvalue weighted by Crippen LogP contribution is -2.44. The summed E-state index contributed by atoms with van der Waals surface area (Å²) in [6.07, 6.45) is 5.72. The summed E-state index contributed by atoms with van der Waals surface area (Å²) in [5.41, 5.74) is 7.03. The summed E-state index contributed by atoms with van der Waals surface area (Å²) in [7, 11) is 2.01. The normalized spacial score (nSPS) is 25.8. The fourth-order valence-corrected chi connectivity index (χ4v) is 2.76. The van der Waals surface area contributed by atoms with Gasteiger partial charge in [0.2, 0.25) is 0 Å². The van der Waals surface area contributed by atoms with Crippen LogP contribution in [0, 0.1) is 0 Å². The smallest absolute Gasteiger partial charge is 0.133 e. The lowest BCUT2D eigenvalue weighted by molar-refractivity contribution is 0.106. The number of rotatable bonds is 3. The quantitative estimate of drug-likeness (QED) is 0.858. The second-order valence-corrected chi connectivity index (χ2v) is 5.23. The Morgan fingerprint density at radius 3 is 2.83 bits per heavy atom. The summed E-state index contributed by atoms with van der Waals surface area (Å²) in [6, 6.07) is 4.04. The number of aromatic nitrogens is 1. The van der Waals surface area contributed by atoms with Crippen LogP contribution in [0.5, 0.6) is 0 Å².